The van der Waals surface area contributed by atoms with E-state index in [9.17, 15) is 9.59 Å². The van der Waals surface area contributed by atoms with Gasteiger partial charge in [0, 0.05) is 6.54 Å². The predicted octanol–water partition coefficient (Wildman–Crippen LogP) is 0.977. The summed E-state index contributed by atoms with van der Waals surface area (Å²) in [5.41, 5.74) is 0.927. The van der Waals surface area contributed by atoms with Crippen LogP contribution in [-0.4, -0.2) is 42.6 Å². The highest BCUT2D eigenvalue weighted by Gasteiger charge is 2.29. The van der Waals surface area contributed by atoms with E-state index in [1.807, 2.05) is 30.3 Å². The molecule has 0 N–H and O–H groups in total. The first kappa shape index (κ1) is 13.5. The molecule has 5 nitrogen and oxygen atoms in total. The van der Waals surface area contributed by atoms with Gasteiger partial charge in [-0.2, -0.15) is 0 Å². The zero-order valence-electron chi connectivity index (χ0n) is 10.9. The smallest absolute Gasteiger partial charge is 0.328 e. The molecule has 0 radical (unpaired) electrons. The summed E-state index contributed by atoms with van der Waals surface area (Å²) in [4.78, 5) is 25.0. The fourth-order valence-electron chi connectivity index (χ4n) is 1.92. The molecule has 1 aliphatic rings. The van der Waals surface area contributed by atoms with Crippen molar-refractivity contribution >= 4 is 11.9 Å². The van der Waals surface area contributed by atoms with Crippen LogP contribution in [0.25, 0.3) is 0 Å². The van der Waals surface area contributed by atoms with Gasteiger partial charge in [-0.25, -0.2) is 4.79 Å². The summed E-state index contributed by atoms with van der Waals surface area (Å²) >= 11 is 0. The second-order valence-electron chi connectivity index (χ2n) is 4.41. The number of hydrogen-bond acceptors (Lipinski definition) is 4. The normalized spacial score (nSPS) is 17.1. The molecule has 0 unspecified atom stereocenters. The van der Waals surface area contributed by atoms with Crippen molar-refractivity contribution in [3.63, 3.8) is 0 Å². The molecule has 2 rings (SSSR count). The number of carbonyl (C=O) groups excluding carboxylic acids is 2. The standard InChI is InChI=1S/C14H17NO4/c1-11(15-7-8-18-10-13(15)16)14(17)19-9-12-5-3-2-4-6-12/h2-6,11H,7-10H2,1H3/t11-/m0/s1. The number of amides is 1. The van der Waals surface area contributed by atoms with Crippen LogP contribution in [-0.2, 0) is 25.7 Å². The minimum absolute atomic E-state index is 0.0380. The van der Waals surface area contributed by atoms with E-state index in [4.69, 9.17) is 9.47 Å². The van der Waals surface area contributed by atoms with Crippen molar-refractivity contribution in [1.29, 1.82) is 0 Å². The van der Waals surface area contributed by atoms with Crippen LogP contribution in [0.15, 0.2) is 30.3 Å². The highest BCUT2D eigenvalue weighted by molar-refractivity contribution is 5.85. The van der Waals surface area contributed by atoms with Crippen molar-refractivity contribution in [3.05, 3.63) is 35.9 Å². The summed E-state index contributed by atoms with van der Waals surface area (Å²) in [6, 6.07) is 8.88. The summed E-state index contributed by atoms with van der Waals surface area (Å²) in [5.74, 6) is -0.561. The zero-order valence-corrected chi connectivity index (χ0v) is 10.9. The van der Waals surface area contributed by atoms with Crippen LogP contribution in [0, 0.1) is 0 Å². The lowest BCUT2D eigenvalue weighted by atomic mass is 10.2. The van der Waals surface area contributed by atoms with E-state index in [2.05, 4.69) is 0 Å². The molecule has 1 atom stereocenters. The molecule has 1 aliphatic heterocycles. The van der Waals surface area contributed by atoms with Crippen LogP contribution in [0.3, 0.4) is 0 Å². The molecule has 102 valence electrons. The van der Waals surface area contributed by atoms with Gasteiger partial charge in [0.05, 0.1) is 6.61 Å². The van der Waals surface area contributed by atoms with E-state index in [0.717, 1.165) is 5.56 Å². The molecule has 1 heterocycles. The second-order valence-corrected chi connectivity index (χ2v) is 4.41. The van der Waals surface area contributed by atoms with Gasteiger partial charge in [0.15, 0.2) is 0 Å². The quantitative estimate of drug-likeness (QED) is 0.760. The molecule has 19 heavy (non-hydrogen) atoms. The van der Waals surface area contributed by atoms with Crippen LogP contribution in [0.4, 0.5) is 0 Å². The SMILES string of the molecule is C[C@@H](C(=O)OCc1ccccc1)N1CCOCC1=O. The van der Waals surface area contributed by atoms with Gasteiger partial charge in [0.1, 0.15) is 19.3 Å². The average molecular weight is 263 g/mol. The lowest BCUT2D eigenvalue weighted by Crippen LogP contribution is -2.50. The van der Waals surface area contributed by atoms with Crippen molar-refractivity contribution in [1.82, 2.24) is 4.90 Å². The molecule has 0 aromatic heterocycles. The molecule has 0 saturated carbocycles. The van der Waals surface area contributed by atoms with Gasteiger partial charge >= 0.3 is 5.97 Å². The maximum absolute atomic E-state index is 11.9. The Labute approximate surface area is 112 Å². The van der Waals surface area contributed by atoms with Crippen LogP contribution in [0.1, 0.15) is 12.5 Å². The molecule has 1 aromatic rings. The molecule has 0 bridgehead atoms. The number of carbonyl (C=O) groups is 2. The molecule has 1 saturated heterocycles. The summed E-state index contributed by atoms with van der Waals surface area (Å²) in [5, 5.41) is 0. The van der Waals surface area contributed by atoms with Gasteiger partial charge in [-0.1, -0.05) is 30.3 Å². The Hall–Kier alpha value is -1.88. The van der Waals surface area contributed by atoms with Crippen molar-refractivity contribution in [2.75, 3.05) is 19.8 Å². The number of rotatable bonds is 4. The summed E-state index contributed by atoms with van der Waals surface area (Å²) < 4.78 is 10.2. The molecule has 5 heteroatoms. The first-order valence-corrected chi connectivity index (χ1v) is 6.26. The minimum Gasteiger partial charge on any atom is -0.459 e. The topological polar surface area (TPSA) is 55.8 Å². The third-order valence-corrected chi connectivity index (χ3v) is 3.05. The molecule has 1 fully saturated rings. The van der Waals surface area contributed by atoms with E-state index >= 15 is 0 Å². The zero-order chi connectivity index (χ0) is 13.7. The molecule has 1 amide bonds. The van der Waals surface area contributed by atoms with Crippen LogP contribution >= 0.6 is 0 Å². The van der Waals surface area contributed by atoms with Gasteiger partial charge in [0.2, 0.25) is 5.91 Å². The lowest BCUT2D eigenvalue weighted by Gasteiger charge is -2.30. The maximum atomic E-state index is 11.9. The Kier molecular flexibility index (Phi) is 4.52. The van der Waals surface area contributed by atoms with E-state index in [-0.39, 0.29) is 25.1 Å². The molecular formula is C14H17NO4. The monoisotopic (exact) mass is 263 g/mol. The predicted molar refractivity (Wildman–Crippen MR) is 68.2 cm³/mol. The van der Waals surface area contributed by atoms with Crippen LogP contribution in [0.5, 0.6) is 0 Å². The Balaban J connectivity index is 1.87. The maximum Gasteiger partial charge on any atom is 0.328 e. The van der Waals surface area contributed by atoms with Gasteiger partial charge in [0.25, 0.3) is 0 Å². The third-order valence-electron chi connectivity index (χ3n) is 3.05. The van der Waals surface area contributed by atoms with E-state index in [1.165, 1.54) is 4.90 Å². The Morgan fingerprint density at radius 3 is 2.84 bits per heavy atom. The lowest BCUT2D eigenvalue weighted by molar-refractivity contribution is -0.160. The summed E-state index contributed by atoms with van der Waals surface area (Å²) in [6.45, 7) is 2.83. The number of morpholine rings is 1. The first-order valence-electron chi connectivity index (χ1n) is 6.26. The summed E-state index contributed by atoms with van der Waals surface area (Å²) in [7, 11) is 0. The molecular weight excluding hydrogens is 246 g/mol. The van der Waals surface area contributed by atoms with Crippen molar-refractivity contribution in [2.24, 2.45) is 0 Å². The van der Waals surface area contributed by atoms with Gasteiger partial charge in [-0.3, -0.25) is 4.79 Å². The van der Waals surface area contributed by atoms with Crippen molar-refractivity contribution in [2.45, 2.75) is 19.6 Å². The van der Waals surface area contributed by atoms with Crippen LogP contribution in [0.2, 0.25) is 0 Å². The van der Waals surface area contributed by atoms with E-state index < -0.39 is 6.04 Å². The van der Waals surface area contributed by atoms with Gasteiger partial charge in [-0.15, -0.1) is 0 Å². The minimum atomic E-state index is -0.569. The first-order chi connectivity index (χ1) is 9.18. The third kappa shape index (κ3) is 3.54. The van der Waals surface area contributed by atoms with E-state index in [1.54, 1.807) is 6.92 Å². The summed E-state index contributed by atoms with van der Waals surface area (Å²) in [6.07, 6.45) is 0. The fraction of sp³-hybridized carbons (Fsp3) is 0.429. The largest absolute Gasteiger partial charge is 0.459 e. The Morgan fingerprint density at radius 2 is 2.16 bits per heavy atom. The van der Waals surface area contributed by atoms with Gasteiger partial charge < -0.3 is 14.4 Å². The molecule has 1 aromatic carbocycles. The number of nitrogens with zero attached hydrogens (tertiary/aromatic N) is 1. The number of benzene rings is 1. The average Bonchev–Trinajstić information content (AvgIpc) is 2.45. The fourth-order valence-corrected chi connectivity index (χ4v) is 1.92. The van der Waals surface area contributed by atoms with Crippen molar-refractivity contribution < 1.29 is 19.1 Å². The Bertz CT molecular complexity index is 446. The van der Waals surface area contributed by atoms with Crippen molar-refractivity contribution in [3.8, 4) is 0 Å². The van der Waals surface area contributed by atoms with Crippen LogP contribution < -0.4 is 0 Å². The second kappa shape index (κ2) is 6.33. The Morgan fingerprint density at radius 1 is 1.42 bits per heavy atom. The number of hydrogen-bond donors (Lipinski definition) is 0. The number of esters is 1. The molecule has 0 spiro atoms. The van der Waals surface area contributed by atoms with Gasteiger partial charge in [-0.05, 0) is 12.5 Å². The highest BCUT2D eigenvalue weighted by atomic mass is 16.5. The number of ether oxygens (including phenoxy) is 2. The highest BCUT2D eigenvalue weighted by Crippen LogP contribution is 2.08. The van der Waals surface area contributed by atoms with E-state index in [0.29, 0.717) is 13.2 Å². The molecule has 0 aliphatic carbocycles.